The first-order valence-electron chi connectivity index (χ1n) is 4.21. The highest BCUT2D eigenvalue weighted by Crippen LogP contribution is 2.23. The molecule has 66 valence electrons. The van der Waals surface area contributed by atoms with Gasteiger partial charge in [0.05, 0.1) is 7.11 Å². The Morgan fingerprint density at radius 3 is 2.77 bits per heavy atom. The second-order valence-corrected chi connectivity index (χ2v) is 2.98. The number of aromatic nitrogens is 1. The molecule has 0 saturated carbocycles. The van der Waals surface area contributed by atoms with Crippen LogP contribution in [-0.4, -0.2) is 12.1 Å². The van der Waals surface area contributed by atoms with Gasteiger partial charge in [-0.05, 0) is 12.3 Å². The first-order chi connectivity index (χ1) is 6.33. The second kappa shape index (κ2) is 3.05. The molecule has 0 bridgehead atoms. The van der Waals surface area contributed by atoms with Crippen molar-refractivity contribution in [3.63, 3.8) is 0 Å². The van der Waals surface area contributed by atoms with Crippen molar-refractivity contribution in [3.05, 3.63) is 36.0 Å². The number of aryl methyl sites for hydroxylation is 1. The van der Waals surface area contributed by atoms with E-state index in [-0.39, 0.29) is 0 Å². The average molecular weight is 173 g/mol. The normalized spacial score (nSPS) is 10.3. The lowest BCUT2D eigenvalue weighted by atomic mass is 10.1. The molecule has 2 nitrogen and oxygen atoms in total. The minimum Gasteiger partial charge on any atom is -0.481 e. The molecular formula is C11H11NO. The van der Waals surface area contributed by atoms with Gasteiger partial charge in [-0.3, -0.25) is 0 Å². The minimum absolute atomic E-state index is 0.707. The SMILES string of the molecule is COc1ncc2ccccc2c1C. The molecule has 1 heterocycles. The monoisotopic (exact) mass is 173 g/mol. The van der Waals surface area contributed by atoms with Gasteiger partial charge >= 0.3 is 0 Å². The molecule has 1 aromatic heterocycles. The van der Waals surface area contributed by atoms with E-state index in [4.69, 9.17) is 4.74 Å². The van der Waals surface area contributed by atoms with Crippen molar-refractivity contribution in [1.29, 1.82) is 0 Å². The van der Waals surface area contributed by atoms with Gasteiger partial charge in [-0.25, -0.2) is 4.98 Å². The molecule has 13 heavy (non-hydrogen) atoms. The highest BCUT2D eigenvalue weighted by atomic mass is 16.5. The average Bonchev–Trinajstić information content (AvgIpc) is 2.19. The lowest BCUT2D eigenvalue weighted by molar-refractivity contribution is 0.395. The third kappa shape index (κ3) is 1.24. The van der Waals surface area contributed by atoms with Crippen molar-refractivity contribution in [2.45, 2.75) is 6.92 Å². The fraction of sp³-hybridized carbons (Fsp3) is 0.182. The van der Waals surface area contributed by atoms with E-state index in [1.807, 2.05) is 25.3 Å². The molecule has 0 aliphatic carbocycles. The first kappa shape index (κ1) is 8.05. The molecule has 0 atom stereocenters. The lowest BCUT2D eigenvalue weighted by Gasteiger charge is -2.05. The van der Waals surface area contributed by atoms with Gasteiger partial charge < -0.3 is 4.74 Å². The van der Waals surface area contributed by atoms with Crippen LogP contribution in [0.1, 0.15) is 5.56 Å². The summed E-state index contributed by atoms with van der Waals surface area (Å²) < 4.78 is 5.14. The molecule has 2 rings (SSSR count). The summed E-state index contributed by atoms with van der Waals surface area (Å²) in [6, 6.07) is 8.16. The number of rotatable bonds is 1. The molecule has 0 aliphatic rings. The van der Waals surface area contributed by atoms with Crippen molar-refractivity contribution >= 4 is 10.8 Å². The van der Waals surface area contributed by atoms with Gasteiger partial charge in [0, 0.05) is 17.1 Å². The summed E-state index contributed by atoms with van der Waals surface area (Å²) >= 11 is 0. The zero-order valence-electron chi connectivity index (χ0n) is 7.74. The van der Waals surface area contributed by atoms with E-state index in [9.17, 15) is 0 Å². The van der Waals surface area contributed by atoms with Crippen molar-refractivity contribution in [2.24, 2.45) is 0 Å². The van der Waals surface area contributed by atoms with Gasteiger partial charge in [0.25, 0.3) is 0 Å². The van der Waals surface area contributed by atoms with E-state index in [2.05, 4.69) is 17.1 Å². The van der Waals surface area contributed by atoms with Crippen molar-refractivity contribution in [2.75, 3.05) is 7.11 Å². The molecule has 1 aromatic carbocycles. The van der Waals surface area contributed by atoms with Gasteiger partial charge in [-0.15, -0.1) is 0 Å². The highest BCUT2D eigenvalue weighted by molar-refractivity contribution is 5.85. The van der Waals surface area contributed by atoms with Gasteiger partial charge in [-0.2, -0.15) is 0 Å². The molecule has 2 heteroatoms. The van der Waals surface area contributed by atoms with E-state index in [1.165, 1.54) is 5.39 Å². The number of benzene rings is 1. The Balaban J connectivity index is 2.79. The Hall–Kier alpha value is -1.57. The molecule has 0 unspecified atom stereocenters. The molecule has 0 saturated heterocycles. The zero-order chi connectivity index (χ0) is 9.26. The first-order valence-corrected chi connectivity index (χ1v) is 4.21. The van der Waals surface area contributed by atoms with Gasteiger partial charge in [0.1, 0.15) is 0 Å². The Morgan fingerprint density at radius 2 is 2.00 bits per heavy atom. The lowest BCUT2D eigenvalue weighted by Crippen LogP contribution is -1.91. The topological polar surface area (TPSA) is 22.1 Å². The van der Waals surface area contributed by atoms with Crippen LogP contribution in [0.15, 0.2) is 30.5 Å². The Morgan fingerprint density at radius 1 is 1.23 bits per heavy atom. The van der Waals surface area contributed by atoms with Crippen LogP contribution in [0.5, 0.6) is 5.88 Å². The van der Waals surface area contributed by atoms with Crippen LogP contribution in [0.25, 0.3) is 10.8 Å². The van der Waals surface area contributed by atoms with E-state index in [0.29, 0.717) is 5.88 Å². The van der Waals surface area contributed by atoms with Crippen LogP contribution in [0, 0.1) is 6.92 Å². The Bertz CT molecular complexity index is 437. The van der Waals surface area contributed by atoms with E-state index in [0.717, 1.165) is 10.9 Å². The predicted octanol–water partition coefficient (Wildman–Crippen LogP) is 2.55. The zero-order valence-corrected chi connectivity index (χ0v) is 7.74. The van der Waals surface area contributed by atoms with Crippen molar-refractivity contribution in [3.8, 4) is 5.88 Å². The van der Waals surface area contributed by atoms with Gasteiger partial charge in [0.15, 0.2) is 0 Å². The van der Waals surface area contributed by atoms with Crippen LogP contribution < -0.4 is 4.74 Å². The molecule has 0 amide bonds. The maximum Gasteiger partial charge on any atom is 0.216 e. The van der Waals surface area contributed by atoms with Crippen LogP contribution in [-0.2, 0) is 0 Å². The summed E-state index contributed by atoms with van der Waals surface area (Å²) in [7, 11) is 1.64. The van der Waals surface area contributed by atoms with Crippen LogP contribution in [0.4, 0.5) is 0 Å². The Kier molecular flexibility index (Phi) is 1.89. The maximum atomic E-state index is 5.14. The summed E-state index contributed by atoms with van der Waals surface area (Å²) in [4.78, 5) is 4.20. The number of methoxy groups -OCH3 is 1. The van der Waals surface area contributed by atoms with E-state index >= 15 is 0 Å². The van der Waals surface area contributed by atoms with Crippen molar-refractivity contribution in [1.82, 2.24) is 4.98 Å². The number of hydrogen-bond acceptors (Lipinski definition) is 2. The number of ether oxygens (including phenoxy) is 1. The van der Waals surface area contributed by atoms with Crippen LogP contribution >= 0.6 is 0 Å². The molecular weight excluding hydrogens is 162 g/mol. The number of fused-ring (bicyclic) bond motifs is 1. The summed E-state index contributed by atoms with van der Waals surface area (Å²) in [5.74, 6) is 0.707. The molecule has 0 aliphatic heterocycles. The Labute approximate surface area is 77.2 Å². The fourth-order valence-electron chi connectivity index (χ4n) is 1.50. The van der Waals surface area contributed by atoms with E-state index < -0.39 is 0 Å². The molecule has 0 N–H and O–H groups in total. The summed E-state index contributed by atoms with van der Waals surface area (Å²) in [6.45, 7) is 2.02. The summed E-state index contributed by atoms with van der Waals surface area (Å²) in [6.07, 6.45) is 1.83. The van der Waals surface area contributed by atoms with Crippen molar-refractivity contribution < 1.29 is 4.74 Å². The predicted molar refractivity (Wildman–Crippen MR) is 53.0 cm³/mol. The largest absolute Gasteiger partial charge is 0.481 e. The maximum absolute atomic E-state index is 5.14. The minimum atomic E-state index is 0.707. The summed E-state index contributed by atoms with van der Waals surface area (Å²) in [5.41, 5.74) is 1.10. The number of nitrogens with zero attached hydrogens (tertiary/aromatic N) is 1. The molecule has 2 aromatic rings. The second-order valence-electron chi connectivity index (χ2n) is 2.98. The highest BCUT2D eigenvalue weighted by Gasteiger charge is 2.03. The molecule has 0 radical (unpaired) electrons. The van der Waals surface area contributed by atoms with E-state index in [1.54, 1.807) is 7.11 Å². The quantitative estimate of drug-likeness (QED) is 0.661. The van der Waals surface area contributed by atoms with Gasteiger partial charge in [-0.1, -0.05) is 24.3 Å². The van der Waals surface area contributed by atoms with Crippen LogP contribution in [0.3, 0.4) is 0 Å². The van der Waals surface area contributed by atoms with Gasteiger partial charge in [0.2, 0.25) is 5.88 Å². The standard InChI is InChI=1S/C11H11NO/c1-8-10-6-4-3-5-9(10)7-12-11(8)13-2/h3-7H,1-2H3. The smallest absolute Gasteiger partial charge is 0.216 e. The molecule has 0 spiro atoms. The number of hydrogen-bond donors (Lipinski definition) is 0. The van der Waals surface area contributed by atoms with Crippen LogP contribution in [0.2, 0.25) is 0 Å². The molecule has 0 fully saturated rings. The third-order valence-corrected chi connectivity index (χ3v) is 2.20. The number of pyridine rings is 1. The third-order valence-electron chi connectivity index (χ3n) is 2.20. The summed E-state index contributed by atoms with van der Waals surface area (Å²) in [5, 5.41) is 2.36. The fourth-order valence-corrected chi connectivity index (χ4v) is 1.50.